The third kappa shape index (κ3) is 4.85. The number of carbonyl (C=O) groups is 1. The lowest BCUT2D eigenvalue weighted by Gasteiger charge is -2.26. The van der Waals surface area contributed by atoms with Gasteiger partial charge in [0.1, 0.15) is 0 Å². The maximum atomic E-state index is 13.7. The van der Waals surface area contributed by atoms with Crippen LogP contribution in [0.3, 0.4) is 0 Å². The highest BCUT2D eigenvalue weighted by Crippen LogP contribution is 2.32. The number of anilines is 1. The standard InChI is InChI=1S/C26H25N3O4S2/c1-19-6-5-9-23-24(19)27-26(34-23)29(18-20-7-3-2-4-8-20)25(30)21-10-12-22(13-11-21)35(31,32)28-14-16-33-17-15-28/h2-13H,14-18H2,1H3. The maximum Gasteiger partial charge on any atom is 0.260 e. The Bertz CT molecular complexity index is 1450. The number of thiazole rings is 1. The van der Waals surface area contributed by atoms with E-state index in [1.807, 2.05) is 55.5 Å². The fourth-order valence-corrected chi connectivity index (χ4v) is 6.49. The average molecular weight is 508 g/mol. The predicted octanol–water partition coefficient (Wildman–Crippen LogP) is 4.47. The molecule has 1 aromatic heterocycles. The van der Waals surface area contributed by atoms with Gasteiger partial charge in [-0.15, -0.1) is 0 Å². The van der Waals surface area contributed by atoms with Gasteiger partial charge in [-0.25, -0.2) is 13.4 Å². The van der Waals surface area contributed by atoms with Gasteiger partial charge in [0.25, 0.3) is 5.91 Å². The summed E-state index contributed by atoms with van der Waals surface area (Å²) in [4.78, 5) is 20.3. The molecule has 0 saturated carbocycles. The molecule has 5 rings (SSSR count). The van der Waals surface area contributed by atoms with Crippen LogP contribution >= 0.6 is 11.3 Å². The summed E-state index contributed by atoms with van der Waals surface area (Å²) in [6.07, 6.45) is 0. The van der Waals surface area contributed by atoms with Crippen LogP contribution in [0.15, 0.2) is 77.7 Å². The maximum absolute atomic E-state index is 13.7. The molecule has 4 aromatic rings. The fraction of sp³-hybridized carbons (Fsp3) is 0.231. The van der Waals surface area contributed by atoms with Gasteiger partial charge in [-0.05, 0) is 48.4 Å². The highest BCUT2D eigenvalue weighted by molar-refractivity contribution is 7.89. The van der Waals surface area contributed by atoms with Gasteiger partial charge < -0.3 is 4.74 Å². The zero-order valence-electron chi connectivity index (χ0n) is 19.3. The number of benzene rings is 3. The molecule has 0 spiro atoms. The van der Waals surface area contributed by atoms with Crippen molar-refractivity contribution in [3.05, 3.63) is 89.5 Å². The molecule has 9 heteroatoms. The normalized spacial score (nSPS) is 14.8. The number of sulfonamides is 1. The molecule has 1 aliphatic heterocycles. The predicted molar refractivity (Wildman–Crippen MR) is 137 cm³/mol. The van der Waals surface area contributed by atoms with Crippen molar-refractivity contribution in [2.75, 3.05) is 31.2 Å². The summed E-state index contributed by atoms with van der Waals surface area (Å²) in [7, 11) is -3.63. The zero-order valence-corrected chi connectivity index (χ0v) is 20.9. The van der Waals surface area contributed by atoms with Crippen molar-refractivity contribution in [3.8, 4) is 0 Å². The first-order valence-electron chi connectivity index (χ1n) is 11.3. The summed E-state index contributed by atoms with van der Waals surface area (Å²) in [5.41, 5.74) is 3.31. The lowest BCUT2D eigenvalue weighted by molar-refractivity contribution is 0.0730. The summed E-state index contributed by atoms with van der Waals surface area (Å²) in [6, 6.07) is 21.9. The van der Waals surface area contributed by atoms with E-state index < -0.39 is 10.0 Å². The average Bonchev–Trinajstić information content (AvgIpc) is 3.34. The van der Waals surface area contributed by atoms with Crippen LogP contribution in [0.5, 0.6) is 0 Å². The molecule has 0 bridgehead atoms. The Balaban J connectivity index is 1.47. The van der Waals surface area contributed by atoms with Crippen LogP contribution in [0, 0.1) is 6.92 Å². The van der Waals surface area contributed by atoms with Gasteiger partial charge >= 0.3 is 0 Å². The summed E-state index contributed by atoms with van der Waals surface area (Å²) >= 11 is 1.47. The number of morpholine rings is 1. The molecule has 0 unspecified atom stereocenters. The van der Waals surface area contributed by atoms with Crippen LogP contribution in [-0.4, -0.2) is 49.9 Å². The molecular formula is C26H25N3O4S2. The molecule has 0 atom stereocenters. The third-order valence-electron chi connectivity index (χ3n) is 5.98. The van der Waals surface area contributed by atoms with Crippen LogP contribution in [0.4, 0.5) is 5.13 Å². The zero-order chi connectivity index (χ0) is 24.4. The van der Waals surface area contributed by atoms with Crippen molar-refractivity contribution in [1.82, 2.24) is 9.29 Å². The lowest BCUT2D eigenvalue weighted by atomic mass is 10.1. The van der Waals surface area contributed by atoms with Crippen LogP contribution in [0.25, 0.3) is 10.2 Å². The lowest BCUT2D eigenvalue weighted by Crippen LogP contribution is -2.40. The number of rotatable bonds is 6. The summed E-state index contributed by atoms with van der Waals surface area (Å²) in [5, 5.41) is 0.605. The number of hydrogen-bond donors (Lipinski definition) is 0. The first-order chi connectivity index (χ1) is 16.9. The monoisotopic (exact) mass is 507 g/mol. The van der Waals surface area contributed by atoms with E-state index >= 15 is 0 Å². The number of aryl methyl sites for hydroxylation is 1. The van der Waals surface area contributed by atoms with Crippen molar-refractivity contribution in [2.24, 2.45) is 0 Å². The molecule has 2 heterocycles. The molecule has 0 radical (unpaired) electrons. The molecule has 1 fully saturated rings. The number of carbonyl (C=O) groups excluding carboxylic acids is 1. The first kappa shape index (κ1) is 23.6. The molecule has 1 amide bonds. The van der Waals surface area contributed by atoms with Gasteiger partial charge in [-0.1, -0.05) is 53.8 Å². The van der Waals surface area contributed by atoms with E-state index in [0.717, 1.165) is 21.3 Å². The van der Waals surface area contributed by atoms with Gasteiger partial charge in [-0.2, -0.15) is 4.31 Å². The minimum atomic E-state index is -3.63. The Morgan fingerprint density at radius 1 is 1.00 bits per heavy atom. The van der Waals surface area contributed by atoms with Crippen LogP contribution in [-0.2, 0) is 21.3 Å². The van der Waals surface area contributed by atoms with Crippen molar-refractivity contribution in [2.45, 2.75) is 18.4 Å². The van der Waals surface area contributed by atoms with Gasteiger partial charge in [-0.3, -0.25) is 9.69 Å². The molecule has 0 N–H and O–H groups in total. The van der Waals surface area contributed by atoms with E-state index in [0.29, 0.717) is 43.5 Å². The van der Waals surface area contributed by atoms with Gasteiger partial charge in [0.2, 0.25) is 10.0 Å². The van der Waals surface area contributed by atoms with E-state index in [-0.39, 0.29) is 10.8 Å². The number of aromatic nitrogens is 1. The highest BCUT2D eigenvalue weighted by Gasteiger charge is 2.27. The second-order valence-electron chi connectivity index (χ2n) is 8.34. The minimum absolute atomic E-state index is 0.168. The molecular weight excluding hydrogens is 482 g/mol. The van der Waals surface area contributed by atoms with E-state index in [9.17, 15) is 13.2 Å². The Hall–Kier alpha value is -3.11. The second kappa shape index (κ2) is 9.87. The SMILES string of the molecule is Cc1cccc2sc(N(Cc3ccccc3)C(=O)c3ccc(S(=O)(=O)N4CCOCC4)cc3)nc12. The van der Waals surface area contributed by atoms with Crippen LogP contribution in [0.2, 0.25) is 0 Å². The molecule has 35 heavy (non-hydrogen) atoms. The van der Waals surface area contributed by atoms with Gasteiger partial charge in [0.15, 0.2) is 5.13 Å². The van der Waals surface area contributed by atoms with Gasteiger partial charge in [0, 0.05) is 18.7 Å². The highest BCUT2D eigenvalue weighted by atomic mass is 32.2. The molecule has 0 aliphatic carbocycles. The smallest absolute Gasteiger partial charge is 0.260 e. The summed E-state index contributed by atoms with van der Waals surface area (Å²) in [6.45, 7) is 3.77. The second-order valence-corrected chi connectivity index (χ2v) is 11.3. The van der Waals surface area contributed by atoms with E-state index in [1.165, 1.54) is 27.8 Å². The Kier molecular flexibility index (Phi) is 6.66. The molecule has 3 aromatic carbocycles. The number of fused-ring (bicyclic) bond motifs is 1. The van der Waals surface area contributed by atoms with Gasteiger partial charge in [0.05, 0.1) is 34.9 Å². The minimum Gasteiger partial charge on any atom is -0.379 e. The van der Waals surface area contributed by atoms with E-state index in [1.54, 1.807) is 17.0 Å². The molecule has 180 valence electrons. The van der Waals surface area contributed by atoms with Crippen molar-refractivity contribution in [1.29, 1.82) is 0 Å². The number of nitrogens with zero attached hydrogens (tertiary/aromatic N) is 3. The number of para-hydroxylation sites is 1. The van der Waals surface area contributed by atoms with Crippen LogP contribution in [0.1, 0.15) is 21.5 Å². The summed E-state index contributed by atoms with van der Waals surface area (Å²) < 4.78 is 33.6. The Labute approximate surface area is 208 Å². The molecule has 1 saturated heterocycles. The molecule has 7 nitrogen and oxygen atoms in total. The topological polar surface area (TPSA) is 79.8 Å². The van der Waals surface area contributed by atoms with Crippen molar-refractivity contribution < 1.29 is 17.9 Å². The Morgan fingerprint density at radius 2 is 1.71 bits per heavy atom. The van der Waals surface area contributed by atoms with Crippen molar-refractivity contribution in [3.63, 3.8) is 0 Å². The third-order valence-corrected chi connectivity index (χ3v) is 8.93. The largest absolute Gasteiger partial charge is 0.379 e. The number of hydrogen-bond acceptors (Lipinski definition) is 6. The first-order valence-corrected chi connectivity index (χ1v) is 13.6. The number of amides is 1. The molecule has 1 aliphatic rings. The Morgan fingerprint density at radius 3 is 2.40 bits per heavy atom. The summed E-state index contributed by atoms with van der Waals surface area (Å²) in [5.74, 6) is -0.235. The van der Waals surface area contributed by atoms with Crippen molar-refractivity contribution >= 4 is 42.6 Å². The van der Waals surface area contributed by atoms with E-state index in [4.69, 9.17) is 9.72 Å². The fourth-order valence-electron chi connectivity index (χ4n) is 4.04. The van der Waals surface area contributed by atoms with E-state index in [2.05, 4.69) is 0 Å². The number of ether oxygens (including phenoxy) is 1. The van der Waals surface area contributed by atoms with Crippen LogP contribution < -0.4 is 4.90 Å². The quantitative estimate of drug-likeness (QED) is 0.385.